The number of esters is 1. The number of H-pyrrole nitrogens is 1. The summed E-state index contributed by atoms with van der Waals surface area (Å²) in [6.07, 6.45) is 1.34. The predicted octanol–water partition coefficient (Wildman–Crippen LogP) is 2.01. The minimum atomic E-state index is -5.07. The summed E-state index contributed by atoms with van der Waals surface area (Å²) in [6, 6.07) is 3.24. The fourth-order valence-electron chi connectivity index (χ4n) is 1.62. The Morgan fingerprint density at radius 3 is 2.65 bits per heavy atom. The molecule has 0 aliphatic rings. The highest BCUT2D eigenvalue weighted by atomic mass is 19.4. The van der Waals surface area contributed by atoms with Crippen LogP contribution < -0.4 is 5.46 Å². The lowest BCUT2D eigenvalue weighted by atomic mass is 9.79. The quantitative estimate of drug-likeness (QED) is 0.646. The fourth-order valence-corrected chi connectivity index (χ4v) is 1.62. The van der Waals surface area contributed by atoms with Gasteiger partial charge >= 0.3 is 12.9 Å². The first-order valence-corrected chi connectivity index (χ1v) is 4.83. The van der Waals surface area contributed by atoms with Crippen LogP contribution in [0.1, 0.15) is 10.4 Å². The highest BCUT2D eigenvalue weighted by Crippen LogP contribution is 2.20. The summed E-state index contributed by atoms with van der Waals surface area (Å²) >= 11 is 0. The van der Waals surface area contributed by atoms with Crippen molar-refractivity contribution < 1.29 is 22.5 Å². The molecule has 0 aliphatic carbocycles. The molecule has 3 nitrogen and oxygen atoms in total. The van der Waals surface area contributed by atoms with Crippen LogP contribution in [0, 0.1) is 0 Å². The van der Waals surface area contributed by atoms with Crippen LogP contribution in [0.2, 0.25) is 0 Å². The molecule has 7 heteroatoms. The number of halogens is 3. The molecule has 1 N–H and O–H groups in total. The Labute approximate surface area is 94.6 Å². The molecule has 0 amide bonds. The monoisotopic (exact) mass is 242 g/mol. The molecule has 0 atom stereocenters. The summed E-state index contributed by atoms with van der Waals surface area (Å²) in [6.45, 7) is -5.07. The Bertz CT molecular complexity index is 576. The van der Waals surface area contributed by atoms with E-state index in [-0.39, 0.29) is 10.9 Å². The maximum absolute atomic E-state index is 12.6. The second-order valence-electron chi connectivity index (χ2n) is 3.57. The number of carbonyl (C=O) groups is 1. The second-order valence-corrected chi connectivity index (χ2v) is 3.57. The number of fused-ring (bicyclic) bond motifs is 1. The first-order valence-electron chi connectivity index (χ1n) is 4.83. The van der Waals surface area contributed by atoms with Crippen molar-refractivity contribution in [3.63, 3.8) is 0 Å². The number of carbonyl (C=O) groups excluding carboxylic acids is 1. The number of aromatic nitrogens is 1. The third-order valence-corrected chi connectivity index (χ3v) is 2.49. The molecule has 0 spiro atoms. The molecule has 0 fully saturated rings. The summed E-state index contributed by atoms with van der Waals surface area (Å²) in [5.41, 5.74) is -0.166. The molecular formula is C10H8BF3NO2-. The molecule has 90 valence electrons. The van der Waals surface area contributed by atoms with Gasteiger partial charge < -0.3 is 22.7 Å². The predicted molar refractivity (Wildman–Crippen MR) is 58.4 cm³/mol. The standard InChI is InChI=1S/C10H8BF3NO2/c1-17-10(16)8-5-15-9-3-2-6(4-7(8)9)11(12,13)14/h2-5,15H,1H3/q-1. The Kier molecular flexibility index (Phi) is 2.61. The Morgan fingerprint density at radius 1 is 1.35 bits per heavy atom. The van der Waals surface area contributed by atoms with Gasteiger partial charge in [0, 0.05) is 17.1 Å². The van der Waals surface area contributed by atoms with Crippen LogP contribution >= 0.6 is 0 Å². The Hall–Kier alpha value is -1.92. The number of hydrogen-bond donors (Lipinski definition) is 1. The molecule has 0 radical (unpaired) electrons. The van der Waals surface area contributed by atoms with E-state index >= 15 is 0 Å². The molecule has 0 saturated heterocycles. The van der Waals surface area contributed by atoms with Crippen molar-refractivity contribution in [3.8, 4) is 0 Å². The molecule has 0 saturated carbocycles. The minimum absolute atomic E-state index is 0.101. The maximum atomic E-state index is 12.6. The lowest BCUT2D eigenvalue weighted by Crippen LogP contribution is -2.33. The van der Waals surface area contributed by atoms with E-state index in [4.69, 9.17) is 0 Å². The third-order valence-electron chi connectivity index (χ3n) is 2.49. The number of nitrogens with one attached hydrogen (secondary N) is 1. The van der Waals surface area contributed by atoms with E-state index in [1.54, 1.807) is 0 Å². The van der Waals surface area contributed by atoms with Crippen molar-refractivity contribution in [3.05, 3.63) is 30.0 Å². The van der Waals surface area contributed by atoms with Crippen molar-refractivity contribution in [2.45, 2.75) is 0 Å². The third kappa shape index (κ3) is 2.00. The molecule has 2 rings (SSSR count). The first kappa shape index (κ1) is 11.6. The minimum Gasteiger partial charge on any atom is -0.465 e. The van der Waals surface area contributed by atoms with Gasteiger partial charge in [0.2, 0.25) is 0 Å². The molecule has 1 aromatic heterocycles. The van der Waals surface area contributed by atoms with E-state index in [9.17, 15) is 17.7 Å². The van der Waals surface area contributed by atoms with Gasteiger partial charge in [0.1, 0.15) is 0 Å². The number of hydrogen-bond acceptors (Lipinski definition) is 2. The first-order chi connectivity index (χ1) is 7.93. The second kappa shape index (κ2) is 3.83. The van der Waals surface area contributed by atoms with Crippen LogP contribution in [-0.2, 0) is 4.74 Å². The Morgan fingerprint density at radius 2 is 2.06 bits per heavy atom. The van der Waals surface area contributed by atoms with Crippen molar-refractivity contribution in [2.24, 2.45) is 0 Å². The Balaban J connectivity index is 2.62. The lowest BCUT2D eigenvalue weighted by Gasteiger charge is -2.14. The average molecular weight is 242 g/mol. The van der Waals surface area contributed by atoms with Crippen molar-refractivity contribution in [2.75, 3.05) is 7.11 Å². The van der Waals surface area contributed by atoms with E-state index < -0.39 is 18.4 Å². The van der Waals surface area contributed by atoms with Gasteiger partial charge in [-0.25, -0.2) is 4.79 Å². The molecule has 1 heterocycles. The van der Waals surface area contributed by atoms with Gasteiger partial charge in [-0.1, -0.05) is 12.1 Å². The number of rotatable bonds is 2. The van der Waals surface area contributed by atoms with E-state index in [1.165, 1.54) is 19.4 Å². The van der Waals surface area contributed by atoms with Crippen molar-refractivity contribution >= 4 is 29.3 Å². The zero-order valence-corrected chi connectivity index (χ0v) is 8.84. The highest BCUT2D eigenvalue weighted by molar-refractivity contribution is 6.73. The van der Waals surface area contributed by atoms with Crippen LogP contribution in [0.25, 0.3) is 10.9 Å². The normalized spacial score (nSPS) is 11.8. The zero-order valence-electron chi connectivity index (χ0n) is 8.84. The van der Waals surface area contributed by atoms with E-state index in [1.807, 2.05) is 0 Å². The van der Waals surface area contributed by atoms with Gasteiger partial charge in [-0.05, 0) is 6.07 Å². The van der Waals surface area contributed by atoms with Gasteiger partial charge in [0.05, 0.1) is 12.7 Å². The number of ether oxygens (including phenoxy) is 1. The zero-order chi connectivity index (χ0) is 12.6. The largest absolute Gasteiger partial charge is 0.509 e. The molecule has 0 aliphatic heterocycles. The highest BCUT2D eigenvalue weighted by Gasteiger charge is 2.26. The maximum Gasteiger partial charge on any atom is 0.509 e. The molecular weight excluding hydrogens is 234 g/mol. The van der Waals surface area contributed by atoms with Crippen LogP contribution in [0.4, 0.5) is 12.9 Å². The van der Waals surface area contributed by atoms with E-state index in [0.717, 1.165) is 12.1 Å². The SMILES string of the molecule is COC(=O)c1c[nH]c2ccc([B-](F)(F)F)cc12. The average Bonchev–Trinajstić information content (AvgIpc) is 2.69. The lowest BCUT2D eigenvalue weighted by molar-refractivity contribution is 0.0603. The van der Waals surface area contributed by atoms with Crippen LogP contribution in [0.5, 0.6) is 0 Å². The van der Waals surface area contributed by atoms with Crippen molar-refractivity contribution in [1.82, 2.24) is 4.98 Å². The fraction of sp³-hybridized carbons (Fsp3) is 0.100. The number of benzene rings is 1. The van der Waals surface area contributed by atoms with Crippen molar-refractivity contribution in [1.29, 1.82) is 0 Å². The number of aromatic amines is 1. The van der Waals surface area contributed by atoms with Crippen LogP contribution in [-0.4, -0.2) is 25.0 Å². The molecule has 2 aromatic rings. The summed E-state index contributed by atoms with van der Waals surface area (Å²) < 4.78 is 42.2. The van der Waals surface area contributed by atoms with Crippen LogP contribution in [0.15, 0.2) is 24.4 Å². The summed E-state index contributed by atoms with van der Waals surface area (Å²) in [5.74, 6) is -0.664. The van der Waals surface area contributed by atoms with Gasteiger partial charge in [0.25, 0.3) is 0 Å². The van der Waals surface area contributed by atoms with Gasteiger partial charge in [-0.15, -0.1) is 5.46 Å². The van der Waals surface area contributed by atoms with Gasteiger partial charge in [0.15, 0.2) is 0 Å². The molecule has 0 bridgehead atoms. The summed E-state index contributed by atoms with van der Waals surface area (Å²) in [5, 5.41) is 0.216. The van der Waals surface area contributed by atoms with Gasteiger partial charge in [-0.2, -0.15) is 0 Å². The summed E-state index contributed by atoms with van der Waals surface area (Å²) in [4.78, 5) is 14.1. The van der Waals surface area contributed by atoms with Gasteiger partial charge in [-0.3, -0.25) is 0 Å². The van der Waals surface area contributed by atoms with E-state index in [2.05, 4.69) is 9.72 Å². The van der Waals surface area contributed by atoms with E-state index in [0.29, 0.717) is 5.52 Å². The molecule has 1 aromatic carbocycles. The smallest absolute Gasteiger partial charge is 0.465 e. The molecule has 0 unspecified atom stereocenters. The molecule has 17 heavy (non-hydrogen) atoms. The summed E-state index contributed by atoms with van der Waals surface area (Å²) in [7, 11) is 1.18. The topological polar surface area (TPSA) is 42.1 Å². The number of methoxy groups -OCH3 is 1. The van der Waals surface area contributed by atoms with Crippen LogP contribution in [0.3, 0.4) is 0 Å².